The van der Waals surface area contributed by atoms with Crippen molar-refractivity contribution < 1.29 is 18.9 Å². The first kappa shape index (κ1) is 41.5. The summed E-state index contributed by atoms with van der Waals surface area (Å²) < 4.78 is 17.0. The lowest BCUT2D eigenvalue weighted by Crippen LogP contribution is -2.41. The zero-order valence-electron chi connectivity index (χ0n) is 34.8. The number of fused-ring (bicyclic) bond motifs is 2. The average Bonchev–Trinajstić information content (AvgIpc) is 3.86. The highest BCUT2D eigenvalue weighted by atomic mass is 79.9. The van der Waals surface area contributed by atoms with Crippen molar-refractivity contribution in [2.24, 2.45) is 14.1 Å². The normalized spacial score (nSPS) is 17.4. The van der Waals surface area contributed by atoms with E-state index in [1.54, 1.807) is 10.6 Å². The number of aldehydes is 2. The van der Waals surface area contributed by atoms with Gasteiger partial charge in [-0.05, 0) is 169 Å². The van der Waals surface area contributed by atoms with E-state index in [-0.39, 0.29) is 18.3 Å². The Morgan fingerprint density at radius 3 is 1.50 bits per heavy atom. The Balaban J connectivity index is 0.000000146. The summed E-state index contributed by atoms with van der Waals surface area (Å²) in [6.45, 7) is 13.1. The SMILES string of the molecule is CC1(C)OB(c2ccc3cc(N4CCCCC4)ccc3c2)OC1(C)C.Cn1c(Br)ccc1C=O.Cn1c(C=O)ccc1-c1ccc2cc(N3CCCCC3)ccc2c1. The summed E-state index contributed by atoms with van der Waals surface area (Å²) in [6.07, 6.45) is 9.64. The Morgan fingerprint density at radius 2 is 1.02 bits per heavy atom. The van der Waals surface area contributed by atoms with E-state index in [9.17, 15) is 9.59 Å². The summed E-state index contributed by atoms with van der Waals surface area (Å²) >= 11 is 3.26. The highest BCUT2D eigenvalue weighted by Crippen LogP contribution is 2.37. The number of benzene rings is 4. The van der Waals surface area contributed by atoms with Gasteiger partial charge in [-0.25, -0.2) is 0 Å². The van der Waals surface area contributed by atoms with Crippen molar-refractivity contribution in [3.8, 4) is 11.3 Å². The molecule has 6 aromatic rings. The van der Waals surface area contributed by atoms with Crippen LogP contribution in [0.1, 0.15) is 87.2 Å². The fourth-order valence-electron chi connectivity index (χ4n) is 8.02. The highest BCUT2D eigenvalue weighted by Gasteiger charge is 2.51. The fraction of sp³-hybridized carbons (Fsp3) is 0.375. The molecule has 0 radical (unpaired) electrons. The molecular weight excluding hydrogens is 787 g/mol. The molecule has 58 heavy (non-hydrogen) atoms. The van der Waals surface area contributed by atoms with Crippen LogP contribution in [0.5, 0.6) is 0 Å². The van der Waals surface area contributed by atoms with Gasteiger partial charge in [0.25, 0.3) is 0 Å². The lowest BCUT2D eigenvalue weighted by molar-refractivity contribution is 0.00578. The number of anilines is 2. The number of rotatable bonds is 6. The van der Waals surface area contributed by atoms with Crippen molar-refractivity contribution >= 4 is 74.0 Å². The Hall–Kier alpha value is -4.64. The van der Waals surface area contributed by atoms with Gasteiger partial charge in [-0.3, -0.25) is 9.59 Å². The molecule has 0 amide bonds. The molecule has 4 aromatic carbocycles. The predicted octanol–water partition coefficient (Wildman–Crippen LogP) is 10.4. The monoisotopic (exact) mass is 842 g/mol. The van der Waals surface area contributed by atoms with Gasteiger partial charge in [-0.15, -0.1) is 0 Å². The Bertz CT molecular complexity index is 2370. The maximum absolute atomic E-state index is 11.0. The molecule has 2 aromatic heterocycles. The molecule has 0 bridgehead atoms. The van der Waals surface area contributed by atoms with E-state index in [1.165, 1.54) is 97.6 Å². The minimum atomic E-state index is -0.301. The van der Waals surface area contributed by atoms with Crippen LogP contribution in [0.25, 0.3) is 32.8 Å². The lowest BCUT2D eigenvalue weighted by Gasteiger charge is -2.32. The van der Waals surface area contributed by atoms with Gasteiger partial charge in [0.15, 0.2) is 12.6 Å². The lowest BCUT2D eigenvalue weighted by atomic mass is 9.78. The van der Waals surface area contributed by atoms with Crippen LogP contribution in [-0.4, -0.2) is 66.2 Å². The van der Waals surface area contributed by atoms with Crippen LogP contribution in [0.2, 0.25) is 0 Å². The van der Waals surface area contributed by atoms with E-state index >= 15 is 0 Å². The van der Waals surface area contributed by atoms with E-state index in [0.29, 0.717) is 11.4 Å². The number of halogens is 1. The van der Waals surface area contributed by atoms with Gasteiger partial charge in [0.2, 0.25) is 0 Å². The van der Waals surface area contributed by atoms with E-state index in [0.717, 1.165) is 33.9 Å². The zero-order valence-corrected chi connectivity index (χ0v) is 36.4. The molecule has 8 nitrogen and oxygen atoms in total. The van der Waals surface area contributed by atoms with Gasteiger partial charge in [-0.2, -0.15) is 0 Å². The molecule has 9 rings (SSSR count). The number of carbonyl (C=O) groups excluding carboxylic acids is 2. The first-order chi connectivity index (χ1) is 27.9. The van der Waals surface area contributed by atoms with Gasteiger partial charge >= 0.3 is 7.12 Å². The molecule has 3 fully saturated rings. The van der Waals surface area contributed by atoms with Crippen molar-refractivity contribution in [2.75, 3.05) is 36.0 Å². The molecule has 3 aliphatic heterocycles. The maximum atomic E-state index is 11.0. The third kappa shape index (κ3) is 8.99. The van der Waals surface area contributed by atoms with E-state index in [2.05, 4.69) is 126 Å². The second-order valence-electron chi connectivity index (χ2n) is 16.8. The average molecular weight is 844 g/mol. The number of hydrogen-bond acceptors (Lipinski definition) is 6. The Labute approximate surface area is 352 Å². The first-order valence-corrected chi connectivity index (χ1v) is 21.5. The van der Waals surface area contributed by atoms with Crippen LogP contribution in [-0.2, 0) is 23.4 Å². The largest absolute Gasteiger partial charge is 0.494 e. The minimum absolute atomic E-state index is 0.295. The quantitative estimate of drug-likeness (QED) is 0.123. The van der Waals surface area contributed by atoms with Crippen molar-refractivity contribution in [1.82, 2.24) is 9.13 Å². The smallest absolute Gasteiger partial charge is 0.399 e. The van der Waals surface area contributed by atoms with Crippen LogP contribution in [0, 0.1) is 0 Å². The summed E-state index contributed by atoms with van der Waals surface area (Å²) in [5.74, 6) is 0. The molecule has 0 aliphatic carbocycles. The van der Waals surface area contributed by atoms with E-state index in [4.69, 9.17) is 9.31 Å². The molecule has 3 saturated heterocycles. The number of piperidine rings is 2. The first-order valence-electron chi connectivity index (χ1n) is 20.7. The van der Waals surface area contributed by atoms with Crippen LogP contribution in [0.4, 0.5) is 11.4 Å². The molecule has 0 N–H and O–H groups in total. The van der Waals surface area contributed by atoms with Crippen molar-refractivity contribution in [2.45, 2.75) is 77.4 Å². The van der Waals surface area contributed by atoms with Gasteiger partial charge in [0.1, 0.15) is 0 Å². The van der Waals surface area contributed by atoms with Crippen LogP contribution in [0.15, 0.2) is 102 Å². The van der Waals surface area contributed by atoms with Crippen molar-refractivity contribution in [1.29, 1.82) is 0 Å². The van der Waals surface area contributed by atoms with Crippen LogP contribution in [0.3, 0.4) is 0 Å². The second kappa shape index (κ2) is 17.7. The third-order valence-electron chi connectivity index (χ3n) is 12.4. The molecule has 302 valence electrons. The van der Waals surface area contributed by atoms with Gasteiger partial charge < -0.3 is 28.2 Å². The molecular formula is C48H56BBrN4O4. The molecule has 0 spiro atoms. The molecule has 0 unspecified atom stereocenters. The maximum Gasteiger partial charge on any atom is 0.494 e. The predicted molar refractivity (Wildman–Crippen MR) is 244 cm³/mol. The van der Waals surface area contributed by atoms with Gasteiger partial charge in [0.05, 0.1) is 27.2 Å². The zero-order chi connectivity index (χ0) is 41.0. The molecule has 3 aliphatic rings. The van der Waals surface area contributed by atoms with E-state index < -0.39 is 0 Å². The minimum Gasteiger partial charge on any atom is -0.399 e. The molecule has 5 heterocycles. The molecule has 0 saturated carbocycles. The third-order valence-corrected chi connectivity index (χ3v) is 13.2. The number of hydrogen-bond donors (Lipinski definition) is 0. The van der Waals surface area contributed by atoms with Crippen LogP contribution >= 0.6 is 15.9 Å². The number of aromatic nitrogens is 2. The van der Waals surface area contributed by atoms with Crippen LogP contribution < -0.4 is 15.3 Å². The summed E-state index contributed by atoms with van der Waals surface area (Å²) in [5, 5.41) is 5.03. The Morgan fingerprint density at radius 1 is 0.552 bits per heavy atom. The number of nitrogens with zero attached hydrogens (tertiary/aromatic N) is 4. The van der Waals surface area contributed by atoms with Crippen molar-refractivity contribution in [3.05, 3.63) is 113 Å². The fourth-order valence-corrected chi connectivity index (χ4v) is 8.36. The number of carbonyl (C=O) groups is 2. The summed E-state index contributed by atoms with van der Waals surface area (Å²) in [7, 11) is 3.47. The standard InChI is InChI=1S/C21H28BNO2.C21H22N2O.C6H6BrNO/c1-20(2)21(3,4)25-22(24-20)18-10-8-17-15-19(11-9-16(17)14-18)23-12-6-5-7-13-23;1-22-20(15-24)9-10-21(22)18-6-5-17-14-19(8-7-16(17)13-18)23-11-3-2-4-12-23;1-8-5(4-9)2-3-6(8)7/h8-11,14-15H,5-7,12-13H2,1-4H3;5-10,13-15H,2-4,11-12H2,1H3;2-4H,1H3. The summed E-state index contributed by atoms with van der Waals surface area (Å²) in [5.41, 5.74) is 6.76. The second-order valence-corrected chi connectivity index (χ2v) is 17.6. The van der Waals surface area contributed by atoms with Gasteiger partial charge in [-0.1, -0.05) is 42.5 Å². The molecule has 10 heteroatoms. The van der Waals surface area contributed by atoms with Crippen molar-refractivity contribution in [3.63, 3.8) is 0 Å². The van der Waals surface area contributed by atoms with E-state index in [1.807, 2.05) is 36.9 Å². The summed E-state index contributed by atoms with van der Waals surface area (Å²) in [6, 6.07) is 34.1. The summed E-state index contributed by atoms with van der Waals surface area (Å²) in [4.78, 5) is 26.2. The topological polar surface area (TPSA) is 68.9 Å². The highest BCUT2D eigenvalue weighted by molar-refractivity contribution is 9.10. The van der Waals surface area contributed by atoms with Gasteiger partial charge in [0, 0.05) is 57.3 Å². The Kier molecular flexibility index (Phi) is 12.7. The molecule has 0 atom stereocenters.